The Labute approximate surface area is 315 Å². The SMILES string of the molecule is CC(C)(C)c1ccc2c(c1)C(C(c1ccccc1)(c1ccccc1)C1C=Cc3ccc(-c4cccc5ccccc45)cc31)c1cc(C(C)(C)C)ccc1-2. The van der Waals surface area contributed by atoms with Gasteiger partial charge in [0.15, 0.2) is 0 Å². The molecule has 7 aromatic rings. The summed E-state index contributed by atoms with van der Waals surface area (Å²) in [6.45, 7) is 14.1. The number of fused-ring (bicyclic) bond motifs is 5. The van der Waals surface area contributed by atoms with Crippen LogP contribution < -0.4 is 0 Å². The predicted molar refractivity (Wildman–Crippen MR) is 226 cm³/mol. The molecule has 0 aromatic heterocycles. The van der Waals surface area contributed by atoms with Crippen molar-refractivity contribution in [2.75, 3.05) is 0 Å². The van der Waals surface area contributed by atoms with Gasteiger partial charge in [-0.25, -0.2) is 0 Å². The molecule has 53 heavy (non-hydrogen) atoms. The summed E-state index contributed by atoms with van der Waals surface area (Å²) in [5.41, 5.74) is 15.8. The van der Waals surface area contributed by atoms with Crippen molar-refractivity contribution in [2.24, 2.45) is 0 Å². The zero-order chi connectivity index (χ0) is 36.5. The molecule has 9 rings (SSSR count). The largest absolute Gasteiger partial charge is 0.0751 e. The molecule has 0 heteroatoms. The quantitative estimate of drug-likeness (QED) is 0.169. The molecule has 0 amide bonds. The Morgan fingerprint density at radius 1 is 0.415 bits per heavy atom. The Balaban J connectivity index is 1.39. The van der Waals surface area contributed by atoms with Crippen LogP contribution in [0.15, 0.2) is 164 Å². The summed E-state index contributed by atoms with van der Waals surface area (Å²) in [6.07, 6.45) is 4.91. The van der Waals surface area contributed by atoms with Crippen molar-refractivity contribution in [1.82, 2.24) is 0 Å². The monoisotopic (exact) mass is 684 g/mol. The van der Waals surface area contributed by atoms with Crippen molar-refractivity contribution in [3.05, 3.63) is 208 Å². The molecule has 0 N–H and O–H groups in total. The third kappa shape index (κ3) is 5.34. The Morgan fingerprint density at radius 2 is 0.962 bits per heavy atom. The lowest BCUT2D eigenvalue weighted by Crippen LogP contribution is -2.40. The molecular weight excluding hydrogens is 637 g/mol. The summed E-state index contributed by atoms with van der Waals surface area (Å²) in [6, 6.07) is 60.3. The average Bonchev–Trinajstić information content (AvgIpc) is 3.74. The molecule has 0 saturated carbocycles. The number of rotatable bonds is 5. The van der Waals surface area contributed by atoms with E-state index in [0.29, 0.717) is 0 Å². The first-order valence-electron chi connectivity index (χ1n) is 19.3. The second-order valence-corrected chi connectivity index (χ2v) is 17.3. The smallest absolute Gasteiger partial charge is 0.0415 e. The predicted octanol–water partition coefficient (Wildman–Crippen LogP) is 14.0. The molecule has 1 atom stereocenters. The van der Waals surface area contributed by atoms with Gasteiger partial charge in [-0.05, 0) is 94.4 Å². The van der Waals surface area contributed by atoms with E-state index < -0.39 is 5.41 Å². The molecule has 0 aliphatic heterocycles. The zero-order valence-electron chi connectivity index (χ0n) is 31.8. The maximum atomic E-state index is 2.56. The summed E-state index contributed by atoms with van der Waals surface area (Å²) in [7, 11) is 0. The van der Waals surface area contributed by atoms with Crippen molar-refractivity contribution in [3.63, 3.8) is 0 Å². The van der Waals surface area contributed by atoms with E-state index in [9.17, 15) is 0 Å². The topological polar surface area (TPSA) is 0 Å². The molecule has 0 bridgehead atoms. The molecular formula is C53H48. The van der Waals surface area contributed by atoms with Crippen molar-refractivity contribution in [2.45, 2.75) is 69.6 Å². The van der Waals surface area contributed by atoms with Gasteiger partial charge in [-0.1, -0.05) is 205 Å². The van der Waals surface area contributed by atoms with E-state index in [2.05, 4.69) is 211 Å². The molecule has 2 aliphatic rings. The summed E-state index contributed by atoms with van der Waals surface area (Å²) in [5.74, 6) is 0.126. The van der Waals surface area contributed by atoms with Crippen LogP contribution in [0.1, 0.15) is 97.9 Å². The van der Waals surface area contributed by atoms with E-state index >= 15 is 0 Å². The third-order valence-electron chi connectivity index (χ3n) is 12.2. The Hall–Kier alpha value is -5.46. The molecule has 1 unspecified atom stereocenters. The van der Waals surface area contributed by atoms with Crippen LogP contribution in [-0.4, -0.2) is 0 Å². The minimum absolute atomic E-state index is 0.0142. The van der Waals surface area contributed by atoms with Crippen LogP contribution in [0.25, 0.3) is 39.1 Å². The third-order valence-corrected chi connectivity index (χ3v) is 12.2. The van der Waals surface area contributed by atoms with Crippen molar-refractivity contribution in [3.8, 4) is 22.3 Å². The van der Waals surface area contributed by atoms with Gasteiger partial charge in [0.25, 0.3) is 0 Å². The van der Waals surface area contributed by atoms with Gasteiger partial charge in [0.05, 0.1) is 0 Å². The van der Waals surface area contributed by atoms with Crippen molar-refractivity contribution < 1.29 is 0 Å². The van der Waals surface area contributed by atoms with Gasteiger partial charge in [-0.15, -0.1) is 0 Å². The molecule has 0 saturated heterocycles. The zero-order valence-corrected chi connectivity index (χ0v) is 31.8. The van der Waals surface area contributed by atoms with Gasteiger partial charge in [-0.2, -0.15) is 0 Å². The molecule has 0 nitrogen and oxygen atoms in total. The van der Waals surface area contributed by atoms with E-state index in [1.54, 1.807) is 0 Å². The fraction of sp³-hybridized carbons (Fsp3) is 0.208. The summed E-state index contributed by atoms with van der Waals surface area (Å²) in [5, 5.41) is 2.56. The van der Waals surface area contributed by atoms with Crippen LogP contribution in [0.4, 0.5) is 0 Å². The molecule has 0 heterocycles. The van der Waals surface area contributed by atoms with Crippen molar-refractivity contribution in [1.29, 1.82) is 0 Å². The molecule has 260 valence electrons. The van der Waals surface area contributed by atoms with Crippen LogP contribution in [0, 0.1) is 0 Å². The van der Waals surface area contributed by atoms with E-state index in [0.717, 1.165) is 0 Å². The number of hydrogen-bond acceptors (Lipinski definition) is 0. The second kappa shape index (κ2) is 12.3. The highest BCUT2D eigenvalue weighted by Crippen LogP contribution is 2.63. The minimum atomic E-state index is -0.464. The first-order valence-corrected chi connectivity index (χ1v) is 19.3. The lowest BCUT2D eigenvalue weighted by atomic mass is 9.55. The van der Waals surface area contributed by atoms with Crippen LogP contribution >= 0.6 is 0 Å². The number of allylic oxidation sites excluding steroid dienone is 1. The van der Waals surface area contributed by atoms with Gasteiger partial charge >= 0.3 is 0 Å². The first-order chi connectivity index (χ1) is 25.5. The highest BCUT2D eigenvalue weighted by Gasteiger charge is 2.53. The van der Waals surface area contributed by atoms with Gasteiger partial charge in [0.2, 0.25) is 0 Å². The standard InChI is InChI=1S/C53H48/c1-51(2,3)40-27-29-44-45-30-28-41(52(4,5)6)34-48(45)50(47(44)33-40)53(38-18-9-7-10-19-38,39-20-11-8-12-21-39)49-31-26-36-24-25-37(32-46(36)49)43-23-15-17-35-16-13-14-22-42(35)43/h7-34,49-50H,1-6H3. The maximum absolute atomic E-state index is 2.56. The average molecular weight is 685 g/mol. The minimum Gasteiger partial charge on any atom is -0.0751 e. The van der Waals surface area contributed by atoms with E-state index in [1.165, 1.54) is 77.5 Å². The maximum Gasteiger partial charge on any atom is 0.0415 e. The molecule has 0 radical (unpaired) electrons. The molecule has 0 spiro atoms. The summed E-state index contributed by atoms with van der Waals surface area (Å²) >= 11 is 0. The van der Waals surface area contributed by atoms with E-state index in [1.807, 2.05) is 0 Å². The molecule has 0 fully saturated rings. The van der Waals surface area contributed by atoms with Crippen molar-refractivity contribution >= 4 is 16.8 Å². The lowest BCUT2D eigenvalue weighted by molar-refractivity contribution is 0.415. The van der Waals surface area contributed by atoms with Crippen LogP contribution in [0.2, 0.25) is 0 Å². The van der Waals surface area contributed by atoms with Gasteiger partial charge in [0.1, 0.15) is 0 Å². The molecule has 2 aliphatic carbocycles. The first kappa shape index (κ1) is 33.4. The fourth-order valence-corrected chi connectivity index (χ4v) is 9.49. The van der Waals surface area contributed by atoms with Gasteiger partial charge in [-0.3, -0.25) is 0 Å². The summed E-state index contributed by atoms with van der Waals surface area (Å²) < 4.78 is 0. The van der Waals surface area contributed by atoms with Crippen LogP contribution in [0.5, 0.6) is 0 Å². The number of benzene rings is 7. The Bertz CT molecular complexity index is 2410. The Kier molecular flexibility index (Phi) is 7.75. The van der Waals surface area contributed by atoms with Crippen LogP contribution in [0.3, 0.4) is 0 Å². The van der Waals surface area contributed by atoms with Gasteiger partial charge in [0, 0.05) is 17.3 Å². The highest BCUT2D eigenvalue weighted by molar-refractivity contribution is 5.97. The fourth-order valence-electron chi connectivity index (χ4n) is 9.49. The highest BCUT2D eigenvalue weighted by atomic mass is 14.5. The van der Waals surface area contributed by atoms with E-state index in [-0.39, 0.29) is 22.7 Å². The second-order valence-electron chi connectivity index (χ2n) is 17.3. The normalized spacial score (nSPS) is 15.4. The summed E-state index contributed by atoms with van der Waals surface area (Å²) in [4.78, 5) is 0. The van der Waals surface area contributed by atoms with E-state index in [4.69, 9.17) is 0 Å². The van der Waals surface area contributed by atoms with Crippen LogP contribution in [-0.2, 0) is 16.2 Å². The number of hydrogen-bond donors (Lipinski definition) is 0. The molecule has 7 aromatic carbocycles. The lowest BCUT2D eigenvalue weighted by Gasteiger charge is -2.46. The Morgan fingerprint density at radius 3 is 1.55 bits per heavy atom. The van der Waals surface area contributed by atoms with Gasteiger partial charge < -0.3 is 0 Å².